The summed E-state index contributed by atoms with van der Waals surface area (Å²) in [5.74, 6) is 1.24. The fourth-order valence-corrected chi connectivity index (χ4v) is 10.7. The number of fused-ring (bicyclic) bond motifs is 9. The summed E-state index contributed by atoms with van der Waals surface area (Å²) in [6.45, 7) is 15.3. The molecule has 0 N–H and O–H groups in total. The second-order valence-corrected chi connectivity index (χ2v) is 18.0. The Morgan fingerprint density at radius 1 is 0.687 bits per heavy atom. The standard InChI is InChI=1S/C62H51N5/c1-6-19-42(20-7-2)43-35-33-41(34-36-43)40-64-60(44-21-18-22-45(37-44)66-55-29-14-9-24-47(55)48-25-10-15-30-56(48)66)65-61(63-5)50-27-12-17-32-58(50)67-57-31-16-11-26-49(57)52-38-51-46-23-8-13-28-53(46)62(3,4)54(51)39-59(52)67/h6-39,52,59H,1,5,40H2,2-4H3/b20-7-,42-19+,64-60?,65-61?. The maximum absolute atomic E-state index is 5.43. The van der Waals surface area contributed by atoms with E-state index in [2.05, 4.69) is 225 Å². The number of allylic oxidation sites excluding steroid dienone is 7. The van der Waals surface area contributed by atoms with E-state index in [9.17, 15) is 0 Å². The quantitative estimate of drug-likeness (QED) is 0.0810. The molecule has 11 rings (SSSR count). The molecular weight excluding hydrogens is 815 g/mol. The van der Waals surface area contributed by atoms with Crippen molar-refractivity contribution in [3.8, 4) is 5.69 Å². The summed E-state index contributed by atoms with van der Waals surface area (Å²) in [4.78, 5) is 18.0. The minimum atomic E-state index is -0.126. The van der Waals surface area contributed by atoms with E-state index in [0.717, 1.165) is 50.2 Å². The molecule has 0 fully saturated rings. The number of para-hydroxylation sites is 4. The molecule has 7 aromatic carbocycles. The fraction of sp³-hybridized carbons (Fsp3) is 0.113. The first-order chi connectivity index (χ1) is 32.9. The molecule has 0 spiro atoms. The topological polar surface area (TPSA) is 45.2 Å². The van der Waals surface area contributed by atoms with Gasteiger partial charge < -0.3 is 9.47 Å². The lowest BCUT2D eigenvalue weighted by atomic mass is 9.77. The van der Waals surface area contributed by atoms with Crippen LogP contribution in [0.25, 0.3) is 38.6 Å². The molecule has 0 saturated heterocycles. The minimum absolute atomic E-state index is 0.0469. The van der Waals surface area contributed by atoms with Crippen LogP contribution in [0, 0.1) is 0 Å². The summed E-state index contributed by atoms with van der Waals surface area (Å²) in [5, 5.41) is 2.42. The zero-order valence-electron chi connectivity index (χ0n) is 38.1. The summed E-state index contributed by atoms with van der Waals surface area (Å²) in [6, 6.07) is 60.6. The molecule has 2 atom stereocenters. The third-order valence-electron chi connectivity index (χ3n) is 13.8. The minimum Gasteiger partial charge on any atom is -0.333 e. The lowest BCUT2D eigenvalue weighted by Crippen LogP contribution is -2.32. The van der Waals surface area contributed by atoms with Gasteiger partial charge in [-0.1, -0.05) is 184 Å². The van der Waals surface area contributed by atoms with E-state index in [-0.39, 0.29) is 17.4 Å². The number of hydrogen-bond donors (Lipinski definition) is 0. The Bertz CT molecular complexity index is 3420. The maximum atomic E-state index is 5.43. The lowest BCUT2D eigenvalue weighted by molar-refractivity contribution is 0.639. The SMILES string of the molecule is C=C/C=C(\C=C/C)c1ccc(CN=C(N=C(N=C)c2ccccc2N2c3ccccc3C3C=C4C(=CC32)C(C)(C)c2ccccc24)c2cccc(-n3c4ccccc4c4ccccc43)c2)cc1. The molecule has 67 heavy (non-hydrogen) atoms. The van der Waals surface area contributed by atoms with Crippen LogP contribution in [-0.2, 0) is 12.0 Å². The molecule has 8 aromatic rings. The van der Waals surface area contributed by atoms with Gasteiger partial charge in [-0.2, -0.15) is 0 Å². The summed E-state index contributed by atoms with van der Waals surface area (Å²) >= 11 is 0. The molecular formula is C62H51N5. The van der Waals surface area contributed by atoms with Crippen molar-refractivity contribution in [3.05, 3.63) is 257 Å². The molecule has 0 bridgehead atoms. The van der Waals surface area contributed by atoms with Crippen LogP contribution in [0.5, 0.6) is 0 Å². The number of rotatable bonds is 9. The number of anilines is 2. The molecule has 2 aliphatic carbocycles. The molecule has 3 aliphatic rings. The molecule has 2 heterocycles. The molecule has 2 unspecified atom stereocenters. The van der Waals surface area contributed by atoms with Crippen molar-refractivity contribution in [2.45, 2.75) is 44.7 Å². The summed E-state index contributed by atoms with van der Waals surface area (Å²) in [6.07, 6.45) is 13.0. The summed E-state index contributed by atoms with van der Waals surface area (Å²) in [5.41, 5.74) is 17.2. The molecule has 0 saturated carbocycles. The molecule has 0 radical (unpaired) electrons. The van der Waals surface area contributed by atoms with Crippen molar-refractivity contribution < 1.29 is 0 Å². The van der Waals surface area contributed by atoms with Crippen molar-refractivity contribution in [2.24, 2.45) is 15.0 Å². The van der Waals surface area contributed by atoms with Gasteiger partial charge in [-0.25, -0.2) is 9.98 Å². The Morgan fingerprint density at radius 2 is 1.37 bits per heavy atom. The van der Waals surface area contributed by atoms with Crippen molar-refractivity contribution in [2.75, 3.05) is 4.90 Å². The van der Waals surface area contributed by atoms with Crippen LogP contribution in [0.1, 0.15) is 65.6 Å². The Hall–Kier alpha value is -8.15. The Labute approximate surface area is 393 Å². The van der Waals surface area contributed by atoms with E-state index in [1.54, 1.807) is 0 Å². The highest BCUT2D eigenvalue weighted by molar-refractivity contribution is 6.16. The van der Waals surface area contributed by atoms with Gasteiger partial charge in [-0.05, 0) is 101 Å². The smallest absolute Gasteiger partial charge is 0.163 e. The van der Waals surface area contributed by atoms with Gasteiger partial charge in [0.25, 0.3) is 0 Å². The van der Waals surface area contributed by atoms with Crippen LogP contribution in [0.4, 0.5) is 11.4 Å². The number of hydrogen-bond acceptors (Lipinski definition) is 2. The predicted molar refractivity (Wildman–Crippen MR) is 284 cm³/mol. The Morgan fingerprint density at radius 3 is 2.12 bits per heavy atom. The number of amidine groups is 2. The number of benzene rings is 7. The first kappa shape index (κ1) is 41.5. The van der Waals surface area contributed by atoms with E-state index < -0.39 is 0 Å². The first-order valence-corrected chi connectivity index (χ1v) is 23.1. The molecule has 0 amide bonds. The van der Waals surface area contributed by atoms with E-state index in [0.29, 0.717) is 18.2 Å². The molecule has 5 nitrogen and oxygen atoms in total. The second kappa shape index (κ2) is 17.0. The number of aromatic nitrogens is 1. The predicted octanol–water partition coefficient (Wildman–Crippen LogP) is 14.9. The molecule has 5 heteroatoms. The molecule has 1 aromatic heterocycles. The number of nitrogens with zero attached hydrogens (tertiary/aromatic N) is 5. The largest absolute Gasteiger partial charge is 0.333 e. The van der Waals surface area contributed by atoms with Crippen LogP contribution in [0.3, 0.4) is 0 Å². The van der Waals surface area contributed by atoms with E-state index >= 15 is 0 Å². The average molecular weight is 866 g/mol. The van der Waals surface area contributed by atoms with Crippen molar-refractivity contribution in [1.82, 2.24) is 4.57 Å². The zero-order chi connectivity index (χ0) is 45.6. The van der Waals surface area contributed by atoms with Gasteiger partial charge in [0, 0.05) is 44.6 Å². The van der Waals surface area contributed by atoms with Crippen molar-refractivity contribution >= 4 is 62.7 Å². The highest BCUT2D eigenvalue weighted by Crippen LogP contribution is 2.57. The van der Waals surface area contributed by atoms with Crippen LogP contribution in [0.15, 0.2) is 233 Å². The lowest BCUT2D eigenvalue weighted by Gasteiger charge is -2.34. The first-order valence-electron chi connectivity index (χ1n) is 23.1. The van der Waals surface area contributed by atoms with Crippen molar-refractivity contribution in [1.29, 1.82) is 0 Å². The van der Waals surface area contributed by atoms with Gasteiger partial charge >= 0.3 is 0 Å². The van der Waals surface area contributed by atoms with E-state index in [4.69, 9.17) is 15.0 Å². The molecule has 1 aliphatic heterocycles. The van der Waals surface area contributed by atoms with Gasteiger partial charge in [-0.3, -0.25) is 4.99 Å². The monoisotopic (exact) mass is 865 g/mol. The third-order valence-corrected chi connectivity index (χ3v) is 13.8. The second-order valence-electron chi connectivity index (χ2n) is 18.0. The van der Waals surface area contributed by atoms with Gasteiger partial charge in [-0.15, -0.1) is 0 Å². The van der Waals surface area contributed by atoms with Crippen LogP contribution >= 0.6 is 0 Å². The summed E-state index contributed by atoms with van der Waals surface area (Å²) < 4.78 is 2.33. The van der Waals surface area contributed by atoms with Crippen molar-refractivity contribution in [3.63, 3.8) is 0 Å². The average Bonchev–Trinajstić information content (AvgIpc) is 3.96. The van der Waals surface area contributed by atoms with Gasteiger partial charge in [0.1, 0.15) is 0 Å². The number of aliphatic imine (C=N–C) groups is 3. The highest BCUT2D eigenvalue weighted by atomic mass is 15.2. The van der Waals surface area contributed by atoms with Gasteiger partial charge in [0.15, 0.2) is 11.7 Å². The third kappa shape index (κ3) is 7.06. The highest BCUT2D eigenvalue weighted by Gasteiger charge is 2.46. The van der Waals surface area contributed by atoms with Gasteiger partial charge in [0.2, 0.25) is 0 Å². The normalized spacial score (nSPS) is 17.5. The van der Waals surface area contributed by atoms with Crippen LogP contribution in [0.2, 0.25) is 0 Å². The fourth-order valence-electron chi connectivity index (χ4n) is 10.7. The Balaban J connectivity index is 1.04. The van der Waals surface area contributed by atoms with Gasteiger partial charge in [0.05, 0.1) is 29.3 Å². The summed E-state index contributed by atoms with van der Waals surface area (Å²) in [7, 11) is 0. The van der Waals surface area contributed by atoms with Crippen LogP contribution < -0.4 is 4.90 Å². The zero-order valence-corrected chi connectivity index (χ0v) is 38.1. The van der Waals surface area contributed by atoms with E-state index in [1.165, 1.54) is 44.3 Å². The maximum Gasteiger partial charge on any atom is 0.163 e. The Kier molecular flexibility index (Phi) is 10.5. The van der Waals surface area contributed by atoms with E-state index in [1.807, 2.05) is 25.2 Å². The van der Waals surface area contributed by atoms with Crippen LogP contribution in [-0.4, -0.2) is 29.0 Å². The molecule has 324 valence electrons.